The van der Waals surface area contributed by atoms with Crippen LogP contribution in [0.1, 0.15) is 92.9 Å². The van der Waals surface area contributed by atoms with Crippen molar-refractivity contribution in [3.8, 4) is 11.8 Å². The van der Waals surface area contributed by atoms with Gasteiger partial charge in [0.25, 0.3) is 0 Å². The second-order valence-electron chi connectivity index (χ2n) is 10.6. The molecule has 0 atom stereocenters. The van der Waals surface area contributed by atoms with E-state index in [4.69, 9.17) is 9.47 Å². The Kier molecular flexibility index (Phi) is 8.66. The van der Waals surface area contributed by atoms with Gasteiger partial charge in [0.2, 0.25) is 0 Å². The summed E-state index contributed by atoms with van der Waals surface area (Å²) in [6, 6.07) is 0. The molecule has 1 heterocycles. The highest BCUT2D eigenvalue weighted by atomic mass is 16.5. The van der Waals surface area contributed by atoms with Crippen LogP contribution in [-0.4, -0.2) is 48.4 Å². The topological polar surface area (TPSA) is 21.7 Å². The van der Waals surface area contributed by atoms with Crippen molar-refractivity contribution >= 4 is 0 Å². The molecule has 0 unspecified atom stereocenters. The van der Waals surface area contributed by atoms with Gasteiger partial charge in [0.15, 0.2) is 0 Å². The fraction of sp³-hybridized carbons (Fsp3) is 0.917. The highest BCUT2D eigenvalue weighted by Gasteiger charge is 2.35. The quantitative estimate of drug-likeness (QED) is 0.436. The Bertz CT molecular complexity index is 477. The maximum atomic E-state index is 6.29. The minimum Gasteiger partial charge on any atom is -0.375 e. The van der Waals surface area contributed by atoms with Crippen molar-refractivity contribution in [1.82, 2.24) is 4.90 Å². The first-order valence-electron chi connectivity index (χ1n) is 11.1. The molecule has 0 aromatic carbocycles. The van der Waals surface area contributed by atoms with Crippen LogP contribution < -0.4 is 0 Å². The van der Waals surface area contributed by atoms with Gasteiger partial charge in [0.1, 0.15) is 0 Å². The van der Waals surface area contributed by atoms with E-state index >= 15 is 0 Å². The van der Waals surface area contributed by atoms with Crippen molar-refractivity contribution < 1.29 is 9.47 Å². The Morgan fingerprint density at radius 2 is 1.48 bits per heavy atom. The number of piperidine rings is 1. The fourth-order valence-corrected chi connectivity index (χ4v) is 3.77. The molecule has 1 aliphatic heterocycles. The van der Waals surface area contributed by atoms with Gasteiger partial charge in [-0.05, 0) is 71.3 Å². The average molecular weight is 378 g/mol. The number of unbranched alkanes of at least 4 members (excludes halogenated alkanes) is 1. The molecule has 0 spiro atoms. The summed E-state index contributed by atoms with van der Waals surface area (Å²) in [5, 5.41) is 0. The van der Waals surface area contributed by atoms with Gasteiger partial charge in [-0.2, -0.15) is 0 Å². The molecule has 27 heavy (non-hydrogen) atoms. The van der Waals surface area contributed by atoms with E-state index in [0.717, 1.165) is 25.7 Å². The summed E-state index contributed by atoms with van der Waals surface area (Å²) in [6.45, 7) is 16.8. The number of hydrogen-bond acceptors (Lipinski definition) is 3. The lowest BCUT2D eigenvalue weighted by atomic mass is 9.90. The van der Waals surface area contributed by atoms with E-state index < -0.39 is 0 Å². The predicted octanol–water partition coefficient (Wildman–Crippen LogP) is 5.42. The van der Waals surface area contributed by atoms with Crippen molar-refractivity contribution in [2.75, 3.05) is 19.6 Å². The summed E-state index contributed by atoms with van der Waals surface area (Å²) < 4.78 is 12.3. The summed E-state index contributed by atoms with van der Waals surface area (Å²) >= 11 is 0. The molecule has 0 bridgehead atoms. The van der Waals surface area contributed by atoms with Gasteiger partial charge >= 0.3 is 0 Å². The van der Waals surface area contributed by atoms with Crippen LogP contribution in [0.4, 0.5) is 0 Å². The maximum absolute atomic E-state index is 6.29. The summed E-state index contributed by atoms with van der Waals surface area (Å²) in [4.78, 5) is 2.59. The Morgan fingerprint density at radius 3 is 2.07 bits per heavy atom. The molecule has 1 saturated heterocycles. The van der Waals surface area contributed by atoms with Crippen LogP contribution in [0.15, 0.2) is 0 Å². The van der Waals surface area contributed by atoms with E-state index in [1.807, 2.05) is 0 Å². The monoisotopic (exact) mass is 377 g/mol. The Morgan fingerprint density at radius 1 is 0.852 bits per heavy atom. The van der Waals surface area contributed by atoms with E-state index in [2.05, 4.69) is 58.3 Å². The predicted molar refractivity (Wildman–Crippen MR) is 114 cm³/mol. The molecule has 0 aromatic rings. The fourth-order valence-electron chi connectivity index (χ4n) is 3.77. The summed E-state index contributed by atoms with van der Waals surface area (Å²) in [5.41, 5.74) is 0.374. The molecule has 3 nitrogen and oxygen atoms in total. The van der Waals surface area contributed by atoms with Gasteiger partial charge in [-0.15, -0.1) is 11.8 Å². The lowest BCUT2D eigenvalue weighted by Gasteiger charge is -2.42. The first-order valence-corrected chi connectivity index (χ1v) is 11.1. The second kappa shape index (κ2) is 10.3. The largest absolute Gasteiger partial charge is 0.375 e. The first-order chi connectivity index (χ1) is 12.6. The number of ether oxygens (including phenoxy) is 2. The van der Waals surface area contributed by atoms with Crippen LogP contribution >= 0.6 is 0 Å². The third-order valence-electron chi connectivity index (χ3n) is 5.39. The molecule has 2 rings (SSSR count). The number of nitrogens with zero attached hydrogens (tertiary/aromatic N) is 1. The summed E-state index contributed by atoms with van der Waals surface area (Å²) in [6.07, 6.45) is 10.3. The van der Waals surface area contributed by atoms with Gasteiger partial charge in [0.05, 0.1) is 23.9 Å². The third-order valence-corrected chi connectivity index (χ3v) is 5.39. The van der Waals surface area contributed by atoms with Gasteiger partial charge in [-0.25, -0.2) is 0 Å². The zero-order valence-electron chi connectivity index (χ0n) is 18.8. The minimum absolute atomic E-state index is 0.0298. The van der Waals surface area contributed by atoms with E-state index in [1.165, 1.54) is 45.3 Å². The highest BCUT2D eigenvalue weighted by molar-refractivity contribution is 4.99. The van der Waals surface area contributed by atoms with Crippen molar-refractivity contribution in [2.24, 2.45) is 5.41 Å². The molecule has 0 N–H and O–H groups in total. The Balaban J connectivity index is 1.48. The third kappa shape index (κ3) is 9.97. The SMILES string of the molecule is CC(C)(C)CCC#CCCCN1CCC(OC2CC(OC(C)(C)C)C2)CC1. The number of hydrogen-bond donors (Lipinski definition) is 0. The van der Waals surface area contributed by atoms with Crippen molar-refractivity contribution in [3.05, 3.63) is 0 Å². The molecule has 2 fully saturated rings. The number of likely N-dealkylation sites (tertiary alicyclic amines) is 1. The molecule has 3 heteroatoms. The molecular formula is C24H43NO2. The Hall–Kier alpha value is -0.560. The van der Waals surface area contributed by atoms with Crippen LogP contribution in [0.5, 0.6) is 0 Å². The van der Waals surface area contributed by atoms with Crippen LogP contribution in [0, 0.1) is 17.3 Å². The smallest absolute Gasteiger partial charge is 0.0631 e. The summed E-state index contributed by atoms with van der Waals surface area (Å²) in [7, 11) is 0. The molecule has 1 aliphatic carbocycles. The molecule has 2 aliphatic rings. The van der Waals surface area contributed by atoms with Crippen LogP contribution in [0.2, 0.25) is 0 Å². The zero-order valence-corrected chi connectivity index (χ0v) is 18.8. The molecule has 1 saturated carbocycles. The molecule has 0 aromatic heterocycles. The minimum atomic E-state index is -0.0298. The van der Waals surface area contributed by atoms with Gasteiger partial charge in [0, 0.05) is 25.9 Å². The average Bonchev–Trinajstić information content (AvgIpc) is 2.51. The van der Waals surface area contributed by atoms with Crippen LogP contribution in [0.25, 0.3) is 0 Å². The van der Waals surface area contributed by atoms with Crippen LogP contribution in [0.3, 0.4) is 0 Å². The van der Waals surface area contributed by atoms with E-state index in [9.17, 15) is 0 Å². The second-order valence-corrected chi connectivity index (χ2v) is 10.6. The summed E-state index contributed by atoms with van der Waals surface area (Å²) in [5.74, 6) is 6.69. The first kappa shape index (κ1) is 22.7. The molecule has 0 radical (unpaired) electrons. The van der Waals surface area contributed by atoms with Gasteiger partial charge < -0.3 is 14.4 Å². The van der Waals surface area contributed by atoms with Gasteiger partial charge in [-0.1, -0.05) is 20.8 Å². The zero-order chi connectivity index (χ0) is 19.9. The Labute approximate surface area is 168 Å². The van der Waals surface area contributed by atoms with E-state index in [1.54, 1.807) is 0 Å². The van der Waals surface area contributed by atoms with E-state index in [0.29, 0.717) is 23.7 Å². The standard InChI is InChI=1S/C24H43NO2/c1-23(2,3)14-10-8-7-9-11-15-25-16-12-20(13-17-25)26-21-18-22(19-21)27-24(4,5)6/h20-22H,9-19H2,1-6H3. The van der Waals surface area contributed by atoms with Crippen LogP contribution in [-0.2, 0) is 9.47 Å². The van der Waals surface area contributed by atoms with Crippen molar-refractivity contribution in [3.63, 3.8) is 0 Å². The lowest BCUT2D eigenvalue weighted by molar-refractivity contribution is -0.167. The maximum Gasteiger partial charge on any atom is 0.0631 e. The number of rotatable bonds is 7. The highest BCUT2D eigenvalue weighted by Crippen LogP contribution is 2.32. The molecule has 156 valence electrons. The lowest BCUT2D eigenvalue weighted by Crippen LogP contribution is -2.45. The molecular weight excluding hydrogens is 334 g/mol. The van der Waals surface area contributed by atoms with Crippen molar-refractivity contribution in [2.45, 2.75) is 117 Å². The van der Waals surface area contributed by atoms with Crippen molar-refractivity contribution in [1.29, 1.82) is 0 Å². The molecule has 0 amide bonds. The van der Waals surface area contributed by atoms with E-state index in [-0.39, 0.29) is 5.60 Å². The normalized spacial score (nSPS) is 25.0. The van der Waals surface area contributed by atoms with Gasteiger partial charge in [-0.3, -0.25) is 0 Å².